The van der Waals surface area contributed by atoms with Crippen LogP contribution in [-0.2, 0) is 13.0 Å². The lowest BCUT2D eigenvalue weighted by molar-refractivity contribution is 0.0940. The molecule has 1 amide bonds. The molecule has 0 unspecified atom stereocenters. The van der Waals surface area contributed by atoms with Crippen LogP contribution in [0.25, 0.3) is 0 Å². The molecule has 4 rings (SSSR count). The SMILES string of the molecule is COc1ccccc1CCn1c(C)cc(=O)c(C(=O)N[C@@H](c2ccccc2)c2ccncc2)c1C. The number of hydrogen-bond donors (Lipinski definition) is 1. The molecule has 2 aromatic carbocycles. The van der Waals surface area contributed by atoms with Gasteiger partial charge in [-0.25, -0.2) is 0 Å². The van der Waals surface area contributed by atoms with Crippen molar-refractivity contribution >= 4 is 5.91 Å². The topological polar surface area (TPSA) is 73.2 Å². The van der Waals surface area contributed by atoms with E-state index in [-0.39, 0.29) is 11.0 Å². The van der Waals surface area contributed by atoms with Crippen LogP contribution in [-0.4, -0.2) is 22.6 Å². The summed E-state index contributed by atoms with van der Waals surface area (Å²) >= 11 is 0. The van der Waals surface area contributed by atoms with Crippen LogP contribution in [0.15, 0.2) is 90.0 Å². The molecule has 0 radical (unpaired) electrons. The Labute approximate surface area is 205 Å². The molecule has 0 aliphatic rings. The summed E-state index contributed by atoms with van der Waals surface area (Å²) in [6, 6.07) is 22.4. The van der Waals surface area contributed by atoms with Crippen molar-refractivity contribution in [2.45, 2.75) is 32.9 Å². The number of nitrogens with zero attached hydrogens (tertiary/aromatic N) is 2. The first-order chi connectivity index (χ1) is 17.0. The van der Waals surface area contributed by atoms with E-state index < -0.39 is 11.9 Å². The van der Waals surface area contributed by atoms with Gasteiger partial charge in [0.25, 0.3) is 5.91 Å². The molecule has 6 heteroatoms. The molecule has 2 aromatic heterocycles. The molecule has 0 spiro atoms. The first-order valence-electron chi connectivity index (χ1n) is 11.6. The summed E-state index contributed by atoms with van der Waals surface area (Å²) < 4.78 is 7.50. The maximum atomic E-state index is 13.5. The number of ether oxygens (including phenoxy) is 1. The van der Waals surface area contributed by atoms with Gasteiger partial charge in [0.1, 0.15) is 11.3 Å². The van der Waals surface area contributed by atoms with Crippen LogP contribution in [0.1, 0.15) is 44.5 Å². The molecule has 2 heterocycles. The molecule has 35 heavy (non-hydrogen) atoms. The van der Waals surface area contributed by atoms with E-state index in [1.807, 2.05) is 85.1 Å². The Balaban J connectivity index is 1.66. The second kappa shape index (κ2) is 10.8. The second-order valence-electron chi connectivity index (χ2n) is 8.42. The van der Waals surface area contributed by atoms with Gasteiger partial charge in [-0.15, -0.1) is 0 Å². The largest absolute Gasteiger partial charge is 0.496 e. The highest BCUT2D eigenvalue weighted by Gasteiger charge is 2.22. The first-order valence-corrected chi connectivity index (χ1v) is 11.6. The quantitative estimate of drug-likeness (QED) is 0.410. The summed E-state index contributed by atoms with van der Waals surface area (Å²) in [6.45, 7) is 4.34. The molecule has 178 valence electrons. The Kier molecular flexibility index (Phi) is 7.41. The average molecular weight is 468 g/mol. The number of carbonyl (C=O) groups excluding carboxylic acids is 1. The van der Waals surface area contributed by atoms with Crippen LogP contribution in [0.2, 0.25) is 0 Å². The van der Waals surface area contributed by atoms with Crippen LogP contribution in [0, 0.1) is 13.8 Å². The van der Waals surface area contributed by atoms with E-state index in [2.05, 4.69) is 10.3 Å². The summed E-state index contributed by atoms with van der Waals surface area (Å²) in [6.07, 6.45) is 4.10. The van der Waals surface area contributed by atoms with Crippen molar-refractivity contribution in [2.75, 3.05) is 7.11 Å². The lowest BCUT2D eigenvalue weighted by Gasteiger charge is -2.22. The molecule has 0 aliphatic heterocycles. The number of aryl methyl sites for hydroxylation is 2. The van der Waals surface area contributed by atoms with Crippen molar-refractivity contribution in [3.8, 4) is 5.75 Å². The third-order valence-electron chi connectivity index (χ3n) is 6.25. The Hall–Kier alpha value is -4.19. The molecule has 1 N–H and O–H groups in total. The normalized spacial score (nSPS) is 11.6. The molecule has 4 aromatic rings. The molecule has 0 saturated carbocycles. The summed E-state index contributed by atoms with van der Waals surface area (Å²) in [5.41, 5.74) is 4.21. The number of nitrogens with one attached hydrogen (secondary N) is 1. The van der Waals surface area contributed by atoms with Crippen molar-refractivity contribution in [1.82, 2.24) is 14.9 Å². The van der Waals surface area contributed by atoms with Gasteiger partial charge >= 0.3 is 0 Å². The number of benzene rings is 2. The Morgan fingerprint density at radius 2 is 1.63 bits per heavy atom. The molecular weight excluding hydrogens is 438 g/mol. The highest BCUT2D eigenvalue weighted by Crippen LogP contribution is 2.23. The summed E-state index contributed by atoms with van der Waals surface area (Å²) in [5.74, 6) is 0.425. The Morgan fingerprint density at radius 1 is 0.971 bits per heavy atom. The van der Waals surface area contributed by atoms with E-state index >= 15 is 0 Å². The van der Waals surface area contributed by atoms with Crippen molar-refractivity contribution in [3.05, 3.63) is 129 Å². The zero-order chi connectivity index (χ0) is 24.8. The Morgan fingerprint density at radius 3 is 2.34 bits per heavy atom. The van der Waals surface area contributed by atoms with Crippen molar-refractivity contribution in [3.63, 3.8) is 0 Å². The lowest BCUT2D eigenvalue weighted by atomic mass is 9.99. The van der Waals surface area contributed by atoms with E-state index in [1.54, 1.807) is 19.5 Å². The molecule has 0 saturated heterocycles. The van der Waals surface area contributed by atoms with E-state index in [0.29, 0.717) is 18.7 Å². The van der Waals surface area contributed by atoms with Crippen molar-refractivity contribution in [1.29, 1.82) is 0 Å². The van der Waals surface area contributed by atoms with Crippen LogP contribution in [0.3, 0.4) is 0 Å². The number of pyridine rings is 2. The van der Waals surface area contributed by atoms with Gasteiger partial charge in [0.15, 0.2) is 5.43 Å². The van der Waals surface area contributed by atoms with Gasteiger partial charge in [0.2, 0.25) is 0 Å². The first kappa shape index (κ1) is 24.0. The molecular formula is C29H29N3O3. The highest BCUT2D eigenvalue weighted by molar-refractivity contribution is 5.95. The number of rotatable bonds is 8. The van der Waals surface area contributed by atoms with Gasteiger partial charge in [-0.2, -0.15) is 0 Å². The minimum atomic E-state index is -0.408. The monoisotopic (exact) mass is 467 g/mol. The fraction of sp³-hybridized carbons (Fsp3) is 0.207. The zero-order valence-corrected chi connectivity index (χ0v) is 20.2. The van der Waals surface area contributed by atoms with Gasteiger partial charge in [-0.05, 0) is 55.2 Å². The number of methoxy groups -OCH3 is 1. The number of amides is 1. The fourth-order valence-corrected chi connectivity index (χ4v) is 4.44. The van der Waals surface area contributed by atoms with Crippen LogP contribution in [0.4, 0.5) is 0 Å². The zero-order valence-electron chi connectivity index (χ0n) is 20.2. The van der Waals surface area contributed by atoms with E-state index in [0.717, 1.165) is 28.1 Å². The lowest BCUT2D eigenvalue weighted by Crippen LogP contribution is -2.35. The van der Waals surface area contributed by atoms with Crippen LogP contribution in [0.5, 0.6) is 5.75 Å². The molecule has 6 nitrogen and oxygen atoms in total. The average Bonchev–Trinajstić information content (AvgIpc) is 2.88. The van der Waals surface area contributed by atoms with Gasteiger partial charge in [-0.1, -0.05) is 48.5 Å². The number of carbonyl (C=O) groups is 1. The molecule has 1 atom stereocenters. The number of aromatic nitrogens is 2. The predicted molar refractivity (Wildman–Crippen MR) is 137 cm³/mol. The number of para-hydroxylation sites is 1. The Bertz CT molecular complexity index is 1330. The summed E-state index contributed by atoms with van der Waals surface area (Å²) in [4.78, 5) is 30.6. The number of hydrogen-bond acceptors (Lipinski definition) is 4. The smallest absolute Gasteiger partial charge is 0.257 e. The summed E-state index contributed by atoms with van der Waals surface area (Å²) in [7, 11) is 1.66. The predicted octanol–water partition coefficient (Wildman–Crippen LogP) is 4.63. The fourth-order valence-electron chi connectivity index (χ4n) is 4.44. The third-order valence-corrected chi connectivity index (χ3v) is 6.25. The summed E-state index contributed by atoms with van der Waals surface area (Å²) in [5, 5.41) is 3.09. The second-order valence-corrected chi connectivity index (χ2v) is 8.42. The molecule has 0 fully saturated rings. The van der Waals surface area contributed by atoms with E-state index in [1.165, 1.54) is 6.07 Å². The standard InChI is InChI=1S/C29H29N3O3/c1-20-19-25(33)27(21(2)32(20)18-15-22-9-7-8-12-26(22)35-3)29(34)31-28(23-10-5-4-6-11-23)24-13-16-30-17-14-24/h4-14,16-17,19,28H,15,18H2,1-3H3,(H,31,34)/t28-/m0/s1. The van der Waals surface area contributed by atoms with Crippen molar-refractivity contribution in [2.24, 2.45) is 0 Å². The van der Waals surface area contributed by atoms with Gasteiger partial charge < -0.3 is 14.6 Å². The molecule has 0 bridgehead atoms. The maximum Gasteiger partial charge on any atom is 0.257 e. The minimum absolute atomic E-state index is 0.158. The van der Waals surface area contributed by atoms with Gasteiger partial charge in [0, 0.05) is 36.4 Å². The van der Waals surface area contributed by atoms with E-state index in [4.69, 9.17) is 4.74 Å². The third kappa shape index (κ3) is 5.32. The van der Waals surface area contributed by atoms with E-state index in [9.17, 15) is 9.59 Å². The molecule has 0 aliphatic carbocycles. The van der Waals surface area contributed by atoms with Crippen LogP contribution < -0.4 is 15.5 Å². The minimum Gasteiger partial charge on any atom is -0.496 e. The van der Waals surface area contributed by atoms with Crippen molar-refractivity contribution < 1.29 is 9.53 Å². The van der Waals surface area contributed by atoms with Gasteiger partial charge in [0.05, 0.1) is 13.2 Å². The highest BCUT2D eigenvalue weighted by atomic mass is 16.5. The van der Waals surface area contributed by atoms with Crippen LogP contribution >= 0.6 is 0 Å². The maximum absolute atomic E-state index is 13.5. The van der Waals surface area contributed by atoms with Gasteiger partial charge in [-0.3, -0.25) is 14.6 Å².